The van der Waals surface area contributed by atoms with Gasteiger partial charge in [0.1, 0.15) is 11.2 Å². The molecule has 0 aliphatic heterocycles. The first kappa shape index (κ1) is 24.7. The Kier molecular flexibility index (Phi) is 5.54. The molecule has 0 aliphatic carbocycles. The Labute approximate surface area is 255 Å². The Bertz CT molecular complexity index is 2430. The van der Waals surface area contributed by atoms with Crippen LogP contribution in [0.3, 0.4) is 0 Å². The quantitative estimate of drug-likeness (QED) is 0.209. The molecule has 44 heavy (non-hydrogen) atoms. The SMILES string of the molecule is c1ccc(-c2cc(-c3ccc4oc5ccc(-c6ccccc6)cc5c4c3)cc(-n3c4ccccc4c4ccccc43)c2)cc1. The van der Waals surface area contributed by atoms with Gasteiger partial charge in [-0.25, -0.2) is 0 Å². The zero-order valence-corrected chi connectivity index (χ0v) is 23.9. The Balaban J connectivity index is 1.28. The van der Waals surface area contributed by atoms with Crippen LogP contribution >= 0.6 is 0 Å². The highest BCUT2D eigenvalue weighted by molar-refractivity contribution is 6.10. The van der Waals surface area contributed by atoms with Crippen molar-refractivity contribution in [3.05, 3.63) is 164 Å². The van der Waals surface area contributed by atoms with Gasteiger partial charge in [0, 0.05) is 27.2 Å². The Morgan fingerprint density at radius 2 is 0.773 bits per heavy atom. The molecule has 0 amide bonds. The highest BCUT2D eigenvalue weighted by Gasteiger charge is 2.15. The standard InChI is InChI=1S/C42H27NO/c1-3-11-28(12-4-1)30-19-21-41-37(26-30)38-27-31(20-22-42(38)44-41)33-23-32(29-13-5-2-6-14-29)24-34(25-33)43-39-17-9-7-15-35(39)36-16-8-10-18-40(36)43/h1-27H. The highest BCUT2D eigenvalue weighted by Crippen LogP contribution is 2.38. The topological polar surface area (TPSA) is 18.1 Å². The minimum absolute atomic E-state index is 0.899. The van der Waals surface area contributed by atoms with Crippen LogP contribution in [0.5, 0.6) is 0 Å². The Morgan fingerprint density at radius 1 is 0.318 bits per heavy atom. The molecule has 0 saturated heterocycles. The van der Waals surface area contributed by atoms with Crippen LogP contribution in [0, 0.1) is 0 Å². The normalized spacial score (nSPS) is 11.6. The minimum Gasteiger partial charge on any atom is -0.456 e. The van der Waals surface area contributed by atoms with E-state index >= 15 is 0 Å². The molecule has 9 rings (SSSR count). The van der Waals surface area contributed by atoms with Crippen LogP contribution in [0.2, 0.25) is 0 Å². The molecule has 2 heterocycles. The van der Waals surface area contributed by atoms with Crippen molar-refractivity contribution < 1.29 is 4.42 Å². The number of hydrogen-bond acceptors (Lipinski definition) is 1. The van der Waals surface area contributed by atoms with E-state index in [4.69, 9.17) is 4.42 Å². The summed E-state index contributed by atoms with van der Waals surface area (Å²) < 4.78 is 8.70. The summed E-state index contributed by atoms with van der Waals surface area (Å²) in [6.07, 6.45) is 0. The van der Waals surface area contributed by atoms with Gasteiger partial charge in [-0.3, -0.25) is 0 Å². The molecule has 0 saturated carbocycles. The van der Waals surface area contributed by atoms with Crippen molar-refractivity contribution in [2.24, 2.45) is 0 Å². The van der Waals surface area contributed by atoms with E-state index in [0.717, 1.165) is 33.2 Å². The van der Waals surface area contributed by atoms with E-state index in [1.807, 2.05) is 0 Å². The molecular formula is C42H27NO. The van der Waals surface area contributed by atoms with Crippen molar-refractivity contribution in [2.45, 2.75) is 0 Å². The maximum atomic E-state index is 6.30. The molecule has 0 fully saturated rings. The lowest BCUT2D eigenvalue weighted by Gasteiger charge is -2.14. The zero-order valence-electron chi connectivity index (χ0n) is 23.9. The number of hydrogen-bond donors (Lipinski definition) is 0. The fraction of sp³-hybridized carbons (Fsp3) is 0. The molecule has 0 radical (unpaired) electrons. The third-order valence-corrected chi connectivity index (χ3v) is 8.77. The Morgan fingerprint density at radius 3 is 1.34 bits per heavy atom. The van der Waals surface area contributed by atoms with Crippen molar-refractivity contribution in [1.29, 1.82) is 0 Å². The van der Waals surface area contributed by atoms with E-state index in [2.05, 4.69) is 168 Å². The summed E-state index contributed by atoms with van der Waals surface area (Å²) in [5.74, 6) is 0. The highest BCUT2D eigenvalue weighted by atomic mass is 16.3. The van der Waals surface area contributed by atoms with Gasteiger partial charge < -0.3 is 8.98 Å². The average molecular weight is 562 g/mol. The molecule has 9 aromatic rings. The fourth-order valence-corrected chi connectivity index (χ4v) is 6.67. The van der Waals surface area contributed by atoms with Gasteiger partial charge in [0.2, 0.25) is 0 Å². The monoisotopic (exact) mass is 561 g/mol. The van der Waals surface area contributed by atoms with Gasteiger partial charge in [-0.2, -0.15) is 0 Å². The van der Waals surface area contributed by atoms with E-state index in [1.165, 1.54) is 49.6 Å². The molecule has 0 N–H and O–H groups in total. The van der Waals surface area contributed by atoms with E-state index in [9.17, 15) is 0 Å². The fourth-order valence-electron chi connectivity index (χ4n) is 6.67. The summed E-state index contributed by atoms with van der Waals surface area (Å²) in [6, 6.07) is 58.6. The number of rotatable bonds is 4. The molecule has 0 spiro atoms. The van der Waals surface area contributed by atoms with Gasteiger partial charge in [0.25, 0.3) is 0 Å². The van der Waals surface area contributed by atoms with Crippen LogP contribution in [-0.2, 0) is 0 Å². The van der Waals surface area contributed by atoms with E-state index in [-0.39, 0.29) is 0 Å². The molecule has 2 heteroatoms. The second-order valence-corrected chi connectivity index (χ2v) is 11.4. The van der Waals surface area contributed by atoms with Crippen LogP contribution in [0.25, 0.3) is 82.8 Å². The van der Waals surface area contributed by atoms with E-state index in [0.29, 0.717) is 0 Å². The summed E-state index contributed by atoms with van der Waals surface area (Å²) in [5, 5.41) is 4.77. The van der Waals surface area contributed by atoms with E-state index in [1.54, 1.807) is 0 Å². The lowest BCUT2D eigenvalue weighted by molar-refractivity contribution is 0.669. The van der Waals surface area contributed by atoms with Gasteiger partial charge in [-0.15, -0.1) is 0 Å². The minimum atomic E-state index is 0.899. The molecular weight excluding hydrogens is 534 g/mol. The second-order valence-electron chi connectivity index (χ2n) is 11.4. The summed E-state index contributed by atoms with van der Waals surface area (Å²) in [6.45, 7) is 0. The predicted molar refractivity (Wildman–Crippen MR) is 184 cm³/mol. The van der Waals surface area contributed by atoms with Crippen LogP contribution in [0.1, 0.15) is 0 Å². The second kappa shape index (κ2) is 9.86. The number of aromatic nitrogens is 1. The summed E-state index contributed by atoms with van der Waals surface area (Å²) >= 11 is 0. The molecule has 0 aliphatic rings. The molecule has 206 valence electrons. The van der Waals surface area contributed by atoms with Crippen molar-refractivity contribution in [1.82, 2.24) is 4.57 Å². The molecule has 0 bridgehead atoms. The van der Waals surface area contributed by atoms with Crippen LogP contribution in [0.4, 0.5) is 0 Å². The summed E-state index contributed by atoms with van der Waals surface area (Å²) in [4.78, 5) is 0. The van der Waals surface area contributed by atoms with Gasteiger partial charge in [0.05, 0.1) is 11.0 Å². The third-order valence-electron chi connectivity index (χ3n) is 8.77. The van der Waals surface area contributed by atoms with Crippen molar-refractivity contribution >= 4 is 43.7 Å². The molecule has 0 atom stereocenters. The molecule has 7 aromatic carbocycles. The van der Waals surface area contributed by atoms with Crippen molar-refractivity contribution in [3.63, 3.8) is 0 Å². The number of fused-ring (bicyclic) bond motifs is 6. The number of benzene rings is 7. The van der Waals surface area contributed by atoms with E-state index < -0.39 is 0 Å². The molecule has 2 nitrogen and oxygen atoms in total. The number of nitrogens with zero attached hydrogens (tertiary/aromatic N) is 1. The predicted octanol–water partition coefficient (Wildman–Crippen LogP) is 11.7. The summed E-state index contributed by atoms with van der Waals surface area (Å²) in [5.41, 5.74) is 12.4. The van der Waals surface area contributed by atoms with Gasteiger partial charge in [-0.05, 0) is 88.0 Å². The van der Waals surface area contributed by atoms with Crippen LogP contribution in [0.15, 0.2) is 168 Å². The largest absolute Gasteiger partial charge is 0.456 e. The average Bonchev–Trinajstić information content (AvgIpc) is 3.64. The maximum absolute atomic E-state index is 6.30. The first-order chi connectivity index (χ1) is 21.8. The first-order valence-corrected chi connectivity index (χ1v) is 15.0. The lowest BCUT2D eigenvalue weighted by Crippen LogP contribution is -1.96. The van der Waals surface area contributed by atoms with Crippen molar-refractivity contribution in [3.8, 4) is 39.1 Å². The maximum Gasteiger partial charge on any atom is 0.135 e. The molecule has 0 unspecified atom stereocenters. The summed E-state index contributed by atoms with van der Waals surface area (Å²) in [7, 11) is 0. The van der Waals surface area contributed by atoms with Crippen LogP contribution in [-0.4, -0.2) is 4.57 Å². The third kappa shape index (κ3) is 3.96. The first-order valence-electron chi connectivity index (χ1n) is 15.0. The number of para-hydroxylation sites is 2. The molecule has 2 aromatic heterocycles. The smallest absolute Gasteiger partial charge is 0.135 e. The van der Waals surface area contributed by atoms with Gasteiger partial charge >= 0.3 is 0 Å². The lowest BCUT2D eigenvalue weighted by atomic mass is 9.96. The Hall–Kier alpha value is -5.86. The number of furan rings is 1. The van der Waals surface area contributed by atoms with Gasteiger partial charge in [0.15, 0.2) is 0 Å². The van der Waals surface area contributed by atoms with Crippen LogP contribution < -0.4 is 0 Å². The zero-order chi connectivity index (χ0) is 29.0. The van der Waals surface area contributed by atoms with Gasteiger partial charge in [-0.1, -0.05) is 109 Å². The van der Waals surface area contributed by atoms with Crippen molar-refractivity contribution in [2.75, 3.05) is 0 Å².